The molecule has 0 aliphatic carbocycles. The lowest BCUT2D eigenvalue weighted by Gasteiger charge is -2.40. The molecule has 2 rings (SSSR count). The first-order valence-electron chi connectivity index (χ1n) is 16.8. The number of anilines is 2. The van der Waals surface area contributed by atoms with Gasteiger partial charge >= 0.3 is 29.8 Å². The maximum Gasteiger partial charge on any atom is 0.415 e. The number of aromatic amines is 1. The summed E-state index contributed by atoms with van der Waals surface area (Å²) in [6, 6.07) is -2.35. The number of nitrogens with one attached hydrogen (secondary N) is 4. The fraction of sp³-hybridized carbons (Fsp3) is 0.727. The van der Waals surface area contributed by atoms with E-state index in [-0.39, 0.29) is 37.0 Å². The fourth-order valence-electron chi connectivity index (χ4n) is 4.64. The number of carbonyl (C=O) groups is 4. The van der Waals surface area contributed by atoms with Crippen LogP contribution in [0, 0.1) is 0 Å². The number of aliphatic imine (C=N–C) groups is 1. The molecule has 288 valence electrons. The lowest BCUT2D eigenvalue weighted by Crippen LogP contribution is -2.59. The molecule has 0 fully saturated rings. The second-order valence-corrected chi connectivity index (χ2v) is 15.4. The molecule has 5 N–H and O–H groups in total. The minimum absolute atomic E-state index is 0.0189. The molecule has 4 atom stereocenters. The molecule has 1 aliphatic heterocycles. The summed E-state index contributed by atoms with van der Waals surface area (Å²) in [5.74, 6) is -0.763. The van der Waals surface area contributed by atoms with Crippen molar-refractivity contribution in [3.05, 3.63) is 10.4 Å². The fourth-order valence-corrected chi connectivity index (χ4v) is 4.64. The zero-order valence-corrected chi connectivity index (χ0v) is 31.8. The number of unbranched alkanes of at least 4 members (excludes halogenated alkanes) is 1. The summed E-state index contributed by atoms with van der Waals surface area (Å²) >= 11 is 0. The van der Waals surface area contributed by atoms with Crippen LogP contribution in [0.2, 0.25) is 0 Å². The summed E-state index contributed by atoms with van der Waals surface area (Å²) < 4.78 is 21.8. The standard InChI is InChI=1S/C33H56N8O10/c1-19(48-26(44)20(37-29(46)50-32(5,6)7)15-13-14-16-34-28(45)49-31(2,3)4)23(42)21-17-35-24-22(41(21)30(47)51-33(8,9)10)25(43)39-27(38-24)36-18-40(11)12/h18-21,23,42H,13-17H2,1-12H3,(H,34,45)(H,37,46)(H2,35,38,39,43)/b36-18+. The Morgan fingerprint density at radius 2 is 1.59 bits per heavy atom. The number of H-pyrrole nitrogens is 1. The van der Waals surface area contributed by atoms with Gasteiger partial charge in [0.15, 0.2) is 5.69 Å². The van der Waals surface area contributed by atoms with Crippen LogP contribution in [0.4, 0.5) is 31.8 Å². The summed E-state index contributed by atoms with van der Waals surface area (Å²) in [5, 5.41) is 19.7. The Hall–Kier alpha value is -4.61. The number of alkyl carbamates (subject to hydrolysis) is 2. The predicted molar refractivity (Wildman–Crippen MR) is 190 cm³/mol. The van der Waals surface area contributed by atoms with E-state index in [4.69, 9.17) is 18.9 Å². The third kappa shape index (κ3) is 14.6. The first kappa shape index (κ1) is 42.6. The molecular weight excluding hydrogens is 668 g/mol. The van der Waals surface area contributed by atoms with Crippen molar-refractivity contribution >= 4 is 48.0 Å². The Labute approximate surface area is 299 Å². The van der Waals surface area contributed by atoms with Crippen molar-refractivity contribution in [1.82, 2.24) is 25.5 Å². The average Bonchev–Trinajstić information content (AvgIpc) is 2.95. The van der Waals surface area contributed by atoms with Gasteiger partial charge in [0.2, 0.25) is 5.95 Å². The Morgan fingerprint density at radius 1 is 1.00 bits per heavy atom. The molecule has 18 heteroatoms. The molecule has 1 aromatic rings. The van der Waals surface area contributed by atoms with Gasteiger partial charge in [0.1, 0.15) is 40.9 Å². The van der Waals surface area contributed by atoms with Gasteiger partial charge in [0.05, 0.1) is 12.4 Å². The lowest BCUT2D eigenvalue weighted by atomic mass is 10.0. The van der Waals surface area contributed by atoms with Crippen molar-refractivity contribution in [2.75, 3.05) is 37.4 Å². The van der Waals surface area contributed by atoms with Gasteiger partial charge in [-0.3, -0.25) is 9.69 Å². The molecular formula is C33H56N8O10. The molecule has 3 amide bonds. The number of hydrogen-bond acceptors (Lipinski definition) is 13. The molecule has 0 radical (unpaired) electrons. The van der Waals surface area contributed by atoms with Crippen LogP contribution in [-0.4, -0.2) is 119 Å². The number of aliphatic hydroxyl groups is 1. The van der Waals surface area contributed by atoms with Crippen LogP contribution in [-0.2, 0) is 23.7 Å². The highest BCUT2D eigenvalue weighted by Gasteiger charge is 2.43. The number of fused-ring (bicyclic) bond motifs is 1. The molecule has 18 nitrogen and oxygen atoms in total. The van der Waals surface area contributed by atoms with Crippen molar-refractivity contribution in [3.8, 4) is 0 Å². The number of amides is 3. The molecule has 4 unspecified atom stereocenters. The normalized spacial score (nSPS) is 16.6. The van der Waals surface area contributed by atoms with Crippen molar-refractivity contribution < 1.29 is 43.2 Å². The Morgan fingerprint density at radius 3 is 2.16 bits per heavy atom. The van der Waals surface area contributed by atoms with E-state index in [0.717, 1.165) is 4.90 Å². The Bertz CT molecular complexity index is 1460. The number of aromatic nitrogens is 2. The van der Waals surface area contributed by atoms with Crippen LogP contribution >= 0.6 is 0 Å². The first-order chi connectivity index (χ1) is 23.4. The highest BCUT2D eigenvalue weighted by molar-refractivity contribution is 5.93. The van der Waals surface area contributed by atoms with E-state index in [1.165, 1.54) is 13.3 Å². The molecule has 1 aromatic heterocycles. The summed E-state index contributed by atoms with van der Waals surface area (Å²) in [7, 11) is 3.48. The quantitative estimate of drug-likeness (QED) is 0.0686. The third-order valence-corrected chi connectivity index (χ3v) is 6.69. The van der Waals surface area contributed by atoms with Gasteiger partial charge in [-0.1, -0.05) is 0 Å². The number of rotatable bonds is 12. The van der Waals surface area contributed by atoms with E-state index in [0.29, 0.717) is 12.8 Å². The van der Waals surface area contributed by atoms with E-state index in [2.05, 4.69) is 30.9 Å². The molecule has 0 aromatic carbocycles. The molecule has 0 bridgehead atoms. The number of nitrogens with zero attached hydrogens (tertiary/aromatic N) is 4. The van der Waals surface area contributed by atoms with Crippen LogP contribution < -0.4 is 26.4 Å². The lowest BCUT2D eigenvalue weighted by molar-refractivity contribution is -0.157. The van der Waals surface area contributed by atoms with Gasteiger partial charge < -0.3 is 49.9 Å². The van der Waals surface area contributed by atoms with Crippen LogP contribution in [0.25, 0.3) is 0 Å². The monoisotopic (exact) mass is 724 g/mol. The van der Waals surface area contributed by atoms with Gasteiger partial charge in [-0.15, -0.1) is 0 Å². The largest absolute Gasteiger partial charge is 0.458 e. The van der Waals surface area contributed by atoms with Gasteiger partial charge in [-0.05, 0) is 88.5 Å². The van der Waals surface area contributed by atoms with Crippen LogP contribution in [0.15, 0.2) is 9.79 Å². The SMILES string of the molecule is CC(OC(=O)C(CCCCNC(=O)OC(C)(C)C)NC(=O)OC(C)(C)C)C(O)C1CNc2[nH]c(/N=C/N(C)C)nc(=O)c2N1C(=O)OC(C)(C)C. The zero-order valence-electron chi connectivity index (χ0n) is 31.8. The van der Waals surface area contributed by atoms with Gasteiger partial charge in [-0.2, -0.15) is 4.98 Å². The van der Waals surface area contributed by atoms with Crippen molar-refractivity contribution in [3.63, 3.8) is 0 Å². The number of ether oxygens (including phenoxy) is 4. The van der Waals surface area contributed by atoms with E-state index in [1.54, 1.807) is 81.3 Å². The summed E-state index contributed by atoms with van der Waals surface area (Å²) in [6.45, 7) is 16.8. The van der Waals surface area contributed by atoms with E-state index in [1.807, 2.05) is 0 Å². The van der Waals surface area contributed by atoms with Gasteiger partial charge in [0, 0.05) is 27.2 Å². The summed E-state index contributed by atoms with van der Waals surface area (Å²) in [4.78, 5) is 78.5. The zero-order chi connectivity index (χ0) is 38.9. The molecule has 51 heavy (non-hydrogen) atoms. The molecule has 1 aliphatic rings. The summed E-state index contributed by atoms with van der Waals surface area (Å²) in [6.07, 6.45) is -2.79. The molecule has 0 spiro atoms. The number of esters is 1. The second kappa shape index (κ2) is 17.5. The minimum atomic E-state index is -1.55. The highest BCUT2D eigenvalue weighted by atomic mass is 16.6. The molecule has 0 saturated heterocycles. The number of aliphatic hydroxyl groups excluding tert-OH is 1. The van der Waals surface area contributed by atoms with Crippen molar-refractivity contribution in [1.29, 1.82) is 0 Å². The summed E-state index contributed by atoms with van der Waals surface area (Å²) in [5.41, 5.74) is -3.51. The van der Waals surface area contributed by atoms with Gasteiger partial charge in [-0.25, -0.2) is 24.2 Å². The minimum Gasteiger partial charge on any atom is -0.458 e. The number of carbonyl (C=O) groups excluding carboxylic acids is 4. The third-order valence-electron chi connectivity index (χ3n) is 6.69. The Kier molecular flexibility index (Phi) is 14.6. The van der Waals surface area contributed by atoms with Crippen molar-refractivity contribution in [2.45, 2.75) is 130 Å². The molecule has 2 heterocycles. The maximum absolute atomic E-state index is 13.6. The highest BCUT2D eigenvalue weighted by Crippen LogP contribution is 2.31. The van der Waals surface area contributed by atoms with E-state index in [9.17, 15) is 29.1 Å². The topological polar surface area (TPSA) is 226 Å². The second-order valence-electron chi connectivity index (χ2n) is 15.4. The van der Waals surface area contributed by atoms with Crippen LogP contribution in [0.3, 0.4) is 0 Å². The van der Waals surface area contributed by atoms with Gasteiger partial charge in [0.25, 0.3) is 0 Å². The molecule has 0 saturated carbocycles. The van der Waals surface area contributed by atoms with Crippen molar-refractivity contribution in [2.24, 2.45) is 4.99 Å². The van der Waals surface area contributed by atoms with E-state index >= 15 is 0 Å². The van der Waals surface area contributed by atoms with Crippen LogP contribution in [0.5, 0.6) is 0 Å². The van der Waals surface area contributed by atoms with Crippen LogP contribution in [0.1, 0.15) is 88.5 Å². The average molecular weight is 725 g/mol. The smallest absolute Gasteiger partial charge is 0.415 e. The first-order valence-corrected chi connectivity index (χ1v) is 16.8. The van der Waals surface area contributed by atoms with E-state index < -0.39 is 70.9 Å². The maximum atomic E-state index is 13.6. The number of hydrogen-bond donors (Lipinski definition) is 5. The predicted octanol–water partition coefficient (Wildman–Crippen LogP) is 3.41. The Balaban J connectivity index is 2.28.